The molecule has 1 aliphatic carbocycles. The third-order valence-corrected chi connectivity index (χ3v) is 4.40. The number of nitrogens with one attached hydrogen (secondary N) is 1. The Hall–Kier alpha value is -0.980. The molecular weight excluding hydrogens is 268 g/mol. The van der Waals surface area contributed by atoms with Gasteiger partial charge in [0.05, 0.1) is 13.2 Å². The summed E-state index contributed by atoms with van der Waals surface area (Å²) in [5.41, 5.74) is 0. The third-order valence-electron chi connectivity index (χ3n) is 4.40. The van der Waals surface area contributed by atoms with Crippen molar-refractivity contribution in [2.75, 3.05) is 39.9 Å². The summed E-state index contributed by atoms with van der Waals surface area (Å²) in [5, 5.41) is 7.57. The van der Waals surface area contributed by atoms with E-state index in [-0.39, 0.29) is 0 Å². The molecule has 1 aromatic heterocycles. The molecule has 0 radical (unpaired) electrons. The average Bonchev–Trinajstić information content (AvgIpc) is 3.26. The molecule has 1 saturated heterocycles. The van der Waals surface area contributed by atoms with Gasteiger partial charge >= 0.3 is 0 Å². The number of rotatable bonds is 8. The first-order valence-corrected chi connectivity index (χ1v) is 8.09. The first-order chi connectivity index (χ1) is 10.3. The predicted molar refractivity (Wildman–Crippen MR) is 79.0 cm³/mol. The summed E-state index contributed by atoms with van der Waals surface area (Å²) in [6.07, 6.45) is 4.91. The van der Waals surface area contributed by atoms with Crippen LogP contribution >= 0.6 is 0 Å². The fourth-order valence-electron chi connectivity index (χ4n) is 2.86. The van der Waals surface area contributed by atoms with Gasteiger partial charge in [-0.1, -0.05) is 5.16 Å². The highest BCUT2D eigenvalue weighted by molar-refractivity contribution is 5.01. The Balaban J connectivity index is 1.35. The van der Waals surface area contributed by atoms with Gasteiger partial charge in [0.15, 0.2) is 5.82 Å². The molecule has 0 unspecified atom stereocenters. The minimum absolute atomic E-state index is 0.551. The molecule has 6 heteroatoms. The van der Waals surface area contributed by atoms with Crippen LogP contribution in [-0.2, 0) is 11.3 Å². The molecule has 0 amide bonds. The molecule has 1 N–H and O–H groups in total. The highest BCUT2D eigenvalue weighted by atomic mass is 16.5. The normalized spacial score (nSPS) is 21.0. The standard InChI is InChI=1S/C15H26N4O2/c1-20-9-6-16-10-12-4-7-19(8-5-12)11-14-17-15(21-18-14)13-2-3-13/h12-13,16H,2-11H2,1H3. The van der Waals surface area contributed by atoms with Crippen molar-refractivity contribution in [3.63, 3.8) is 0 Å². The largest absolute Gasteiger partial charge is 0.383 e. The lowest BCUT2D eigenvalue weighted by Crippen LogP contribution is -2.37. The molecular formula is C15H26N4O2. The minimum Gasteiger partial charge on any atom is -0.383 e. The number of hydrogen-bond donors (Lipinski definition) is 1. The Labute approximate surface area is 126 Å². The molecule has 1 saturated carbocycles. The van der Waals surface area contributed by atoms with Gasteiger partial charge in [-0.3, -0.25) is 4.90 Å². The van der Waals surface area contributed by atoms with E-state index < -0.39 is 0 Å². The lowest BCUT2D eigenvalue weighted by atomic mass is 9.97. The van der Waals surface area contributed by atoms with Crippen molar-refractivity contribution in [2.45, 2.75) is 38.1 Å². The number of likely N-dealkylation sites (tertiary alicyclic amines) is 1. The Bertz CT molecular complexity index is 425. The summed E-state index contributed by atoms with van der Waals surface area (Å²) >= 11 is 0. The monoisotopic (exact) mass is 294 g/mol. The van der Waals surface area contributed by atoms with Crippen LogP contribution < -0.4 is 5.32 Å². The average molecular weight is 294 g/mol. The number of ether oxygens (including phenoxy) is 1. The van der Waals surface area contributed by atoms with Crippen LogP contribution in [0.1, 0.15) is 43.3 Å². The van der Waals surface area contributed by atoms with E-state index in [1.807, 2.05) is 0 Å². The molecule has 0 spiro atoms. The van der Waals surface area contributed by atoms with Gasteiger partial charge < -0.3 is 14.6 Å². The Morgan fingerprint density at radius 1 is 1.29 bits per heavy atom. The third kappa shape index (κ3) is 4.49. The van der Waals surface area contributed by atoms with Gasteiger partial charge in [0.25, 0.3) is 0 Å². The number of piperidine rings is 1. The Morgan fingerprint density at radius 2 is 2.10 bits per heavy atom. The van der Waals surface area contributed by atoms with Crippen LogP contribution in [0.2, 0.25) is 0 Å². The molecule has 6 nitrogen and oxygen atoms in total. The molecule has 118 valence electrons. The van der Waals surface area contributed by atoms with E-state index >= 15 is 0 Å². The summed E-state index contributed by atoms with van der Waals surface area (Å²) in [6, 6.07) is 0. The Morgan fingerprint density at radius 3 is 2.81 bits per heavy atom. The molecule has 0 atom stereocenters. The first-order valence-electron chi connectivity index (χ1n) is 8.09. The van der Waals surface area contributed by atoms with E-state index in [2.05, 4.69) is 20.4 Å². The molecule has 1 aliphatic heterocycles. The molecule has 2 aliphatic rings. The van der Waals surface area contributed by atoms with Gasteiger partial charge in [0, 0.05) is 19.6 Å². The van der Waals surface area contributed by atoms with Gasteiger partial charge in [-0.25, -0.2) is 0 Å². The maximum atomic E-state index is 5.32. The van der Waals surface area contributed by atoms with Crippen molar-refractivity contribution in [1.29, 1.82) is 0 Å². The van der Waals surface area contributed by atoms with E-state index in [9.17, 15) is 0 Å². The lowest BCUT2D eigenvalue weighted by molar-refractivity contribution is 0.164. The van der Waals surface area contributed by atoms with Crippen molar-refractivity contribution < 1.29 is 9.26 Å². The molecule has 1 aromatic rings. The lowest BCUT2D eigenvalue weighted by Gasteiger charge is -2.31. The van der Waals surface area contributed by atoms with Gasteiger partial charge in [-0.15, -0.1) is 0 Å². The predicted octanol–water partition coefficient (Wildman–Crippen LogP) is 1.39. The summed E-state index contributed by atoms with van der Waals surface area (Å²) in [4.78, 5) is 6.95. The van der Waals surface area contributed by atoms with Crippen molar-refractivity contribution in [3.05, 3.63) is 11.7 Å². The fraction of sp³-hybridized carbons (Fsp3) is 0.867. The van der Waals surface area contributed by atoms with Crippen LogP contribution in [0.5, 0.6) is 0 Å². The number of nitrogens with zero attached hydrogens (tertiary/aromatic N) is 3. The second kappa shape index (κ2) is 7.33. The van der Waals surface area contributed by atoms with E-state index in [4.69, 9.17) is 9.26 Å². The van der Waals surface area contributed by atoms with Gasteiger partial charge in [0.1, 0.15) is 0 Å². The first kappa shape index (κ1) is 14.9. The second-order valence-corrected chi connectivity index (χ2v) is 6.24. The van der Waals surface area contributed by atoms with E-state index in [0.717, 1.165) is 57.0 Å². The van der Waals surface area contributed by atoms with E-state index in [1.54, 1.807) is 7.11 Å². The highest BCUT2D eigenvalue weighted by Crippen LogP contribution is 2.38. The SMILES string of the molecule is COCCNCC1CCN(Cc2noc(C3CC3)n2)CC1. The topological polar surface area (TPSA) is 63.4 Å². The number of hydrogen-bond acceptors (Lipinski definition) is 6. The molecule has 2 heterocycles. The summed E-state index contributed by atoms with van der Waals surface area (Å²) in [7, 11) is 1.74. The second-order valence-electron chi connectivity index (χ2n) is 6.24. The summed E-state index contributed by atoms with van der Waals surface area (Å²) in [6.45, 7) is 5.93. The van der Waals surface area contributed by atoms with Crippen molar-refractivity contribution in [2.24, 2.45) is 5.92 Å². The molecule has 0 bridgehead atoms. The number of methoxy groups -OCH3 is 1. The Kier molecular flexibility index (Phi) is 5.22. The van der Waals surface area contributed by atoms with Crippen LogP contribution in [0.25, 0.3) is 0 Å². The van der Waals surface area contributed by atoms with Gasteiger partial charge in [-0.2, -0.15) is 4.98 Å². The maximum Gasteiger partial charge on any atom is 0.229 e. The van der Waals surface area contributed by atoms with Crippen LogP contribution in [0, 0.1) is 5.92 Å². The zero-order valence-corrected chi connectivity index (χ0v) is 12.9. The van der Waals surface area contributed by atoms with Crippen molar-refractivity contribution in [3.8, 4) is 0 Å². The van der Waals surface area contributed by atoms with Crippen LogP contribution in [0.4, 0.5) is 0 Å². The minimum atomic E-state index is 0.551. The maximum absolute atomic E-state index is 5.32. The van der Waals surface area contributed by atoms with Gasteiger partial charge in [0.2, 0.25) is 5.89 Å². The van der Waals surface area contributed by atoms with Crippen LogP contribution in [0.15, 0.2) is 4.52 Å². The molecule has 2 fully saturated rings. The van der Waals surface area contributed by atoms with Crippen LogP contribution in [-0.4, -0.2) is 54.9 Å². The fourth-order valence-corrected chi connectivity index (χ4v) is 2.86. The quantitative estimate of drug-likeness (QED) is 0.731. The van der Waals surface area contributed by atoms with Gasteiger partial charge in [-0.05, 0) is 51.2 Å². The highest BCUT2D eigenvalue weighted by Gasteiger charge is 2.30. The zero-order valence-electron chi connectivity index (χ0n) is 12.9. The summed E-state index contributed by atoms with van der Waals surface area (Å²) < 4.78 is 10.4. The van der Waals surface area contributed by atoms with Crippen LogP contribution in [0.3, 0.4) is 0 Å². The number of aromatic nitrogens is 2. The van der Waals surface area contributed by atoms with Crippen molar-refractivity contribution >= 4 is 0 Å². The molecule has 3 rings (SSSR count). The van der Waals surface area contributed by atoms with E-state index in [1.165, 1.54) is 25.7 Å². The smallest absolute Gasteiger partial charge is 0.229 e. The molecule has 0 aromatic carbocycles. The summed E-state index contributed by atoms with van der Waals surface area (Å²) in [5.74, 6) is 3.04. The molecule has 21 heavy (non-hydrogen) atoms. The van der Waals surface area contributed by atoms with Crippen molar-refractivity contribution in [1.82, 2.24) is 20.4 Å². The van der Waals surface area contributed by atoms with E-state index in [0.29, 0.717) is 5.92 Å². The zero-order chi connectivity index (χ0) is 14.5.